The SMILES string of the molecule is Cc1ccc(NC(=O)NC(=O)COC(=O)CCn2ncc(=O)c3ccccc32)c(C)c1. The van der Waals surface area contributed by atoms with Gasteiger partial charge in [0.15, 0.2) is 6.61 Å². The highest BCUT2D eigenvalue weighted by molar-refractivity contribution is 6.02. The van der Waals surface area contributed by atoms with E-state index < -0.39 is 24.5 Å². The van der Waals surface area contributed by atoms with Crippen LogP contribution >= 0.6 is 0 Å². The van der Waals surface area contributed by atoms with Gasteiger partial charge in [-0.1, -0.05) is 29.8 Å². The van der Waals surface area contributed by atoms with Crippen molar-refractivity contribution in [3.05, 3.63) is 70.0 Å². The summed E-state index contributed by atoms with van der Waals surface area (Å²) in [6.45, 7) is 3.36. The summed E-state index contributed by atoms with van der Waals surface area (Å²) < 4.78 is 6.44. The monoisotopic (exact) mass is 422 g/mol. The molecule has 9 heteroatoms. The topological polar surface area (TPSA) is 119 Å². The zero-order valence-corrected chi connectivity index (χ0v) is 17.2. The third-order valence-corrected chi connectivity index (χ3v) is 4.54. The molecule has 0 bridgehead atoms. The van der Waals surface area contributed by atoms with Gasteiger partial charge in [0.2, 0.25) is 5.43 Å². The molecule has 2 aromatic carbocycles. The third-order valence-electron chi connectivity index (χ3n) is 4.54. The quantitative estimate of drug-likeness (QED) is 0.588. The van der Waals surface area contributed by atoms with Crippen LogP contribution < -0.4 is 16.1 Å². The summed E-state index contributed by atoms with van der Waals surface area (Å²) in [5.41, 5.74) is 2.89. The van der Waals surface area contributed by atoms with Gasteiger partial charge in [0.25, 0.3) is 5.91 Å². The molecule has 0 saturated carbocycles. The first-order chi connectivity index (χ1) is 14.8. The number of imide groups is 1. The third kappa shape index (κ3) is 5.75. The van der Waals surface area contributed by atoms with E-state index in [1.54, 1.807) is 30.3 Å². The van der Waals surface area contributed by atoms with Crippen molar-refractivity contribution in [2.45, 2.75) is 26.8 Å². The Labute approximate surface area is 178 Å². The normalized spacial score (nSPS) is 10.5. The Morgan fingerprint density at radius 1 is 1.10 bits per heavy atom. The van der Waals surface area contributed by atoms with Crippen molar-refractivity contribution in [1.82, 2.24) is 15.1 Å². The van der Waals surface area contributed by atoms with E-state index in [9.17, 15) is 19.2 Å². The van der Waals surface area contributed by atoms with Gasteiger partial charge in [0.1, 0.15) is 0 Å². The van der Waals surface area contributed by atoms with Gasteiger partial charge in [-0.15, -0.1) is 0 Å². The number of hydrogen-bond acceptors (Lipinski definition) is 6. The molecule has 0 aliphatic carbocycles. The number of urea groups is 1. The number of esters is 1. The van der Waals surface area contributed by atoms with Gasteiger partial charge in [-0.05, 0) is 37.6 Å². The lowest BCUT2D eigenvalue weighted by Gasteiger charge is -2.11. The fourth-order valence-corrected chi connectivity index (χ4v) is 3.02. The lowest BCUT2D eigenvalue weighted by Crippen LogP contribution is -2.37. The molecule has 0 aliphatic heterocycles. The summed E-state index contributed by atoms with van der Waals surface area (Å²) in [5, 5.41) is 9.22. The molecule has 0 saturated heterocycles. The van der Waals surface area contributed by atoms with E-state index in [0.29, 0.717) is 16.6 Å². The van der Waals surface area contributed by atoms with Crippen molar-refractivity contribution < 1.29 is 19.1 Å². The minimum Gasteiger partial charge on any atom is -0.456 e. The number of nitrogens with zero attached hydrogens (tertiary/aromatic N) is 2. The van der Waals surface area contributed by atoms with Crippen molar-refractivity contribution in [2.24, 2.45) is 0 Å². The van der Waals surface area contributed by atoms with Crippen molar-refractivity contribution in [2.75, 3.05) is 11.9 Å². The Bertz CT molecular complexity index is 1200. The summed E-state index contributed by atoms with van der Waals surface area (Å²) in [6, 6.07) is 11.7. The number of amides is 3. The number of anilines is 1. The number of carbonyl (C=O) groups excluding carboxylic acids is 3. The molecule has 1 aromatic heterocycles. The number of hydrogen-bond donors (Lipinski definition) is 2. The standard InChI is InChI=1S/C22H22N4O5/c1-14-7-8-17(15(2)11-14)24-22(30)25-20(28)13-31-21(29)9-10-26-18-6-4-3-5-16(18)19(27)12-23-26/h3-8,11-12H,9-10,13H2,1-2H3,(H2,24,25,28,30). The summed E-state index contributed by atoms with van der Waals surface area (Å²) in [5.74, 6) is -1.38. The smallest absolute Gasteiger partial charge is 0.325 e. The first-order valence-electron chi connectivity index (χ1n) is 9.62. The number of aromatic nitrogens is 2. The summed E-state index contributed by atoms with van der Waals surface area (Å²) in [6.07, 6.45) is 1.14. The van der Waals surface area contributed by atoms with Crippen LogP contribution in [-0.4, -0.2) is 34.3 Å². The summed E-state index contributed by atoms with van der Waals surface area (Å²) in [4.78, 5) is 47.6. The number of fused-ring (bicyclic) bond motifs is 1. The van der Waals surface area contributed by atoms with Crippen LogP contribution in [0.2, 0.25) is 0 Å². The second-order valence-electron chi connectivity index (χ2n) is 6.98. The number of ether oxygens (including phenoxy) is 1. The highest BCUT2D eigenvalue weighted by Gasteiger charge is 2.13. The molecule has 0 aliphatic rings. The number of nitrogens with one attached hydrogen (secondary N) is 2. The molecule has 2 N–H and O–H groups in total. The van der Waals surface area contributed by atoms with E-state index in [4.69, 9.17) is 4.74 Å². The average Bonchev–Trinajstić information content (AvgIpc) is 2.74. The van der Waals surface area contributed by atoms with Crippen LogP contribution in [0.5, 0.6) is 0 Å². The maximum absolute atomic E-state index is 12.0. The first-order valence-corrected chi connectivity index (χ1v) is 9.62. The fourth-order valence-electron chi connectivity index (χ4n) is 3.02. The predicted octanol–water partition coefficient (Wildman–Crippen LogP) is 2.29. The Morgan fingerprint density at radius 2 is 1.87 bits per heavy atom. The van der Waals surface area contributed by atoms with Crippen LogP contribution in [0.3, 0.4) is 0 Å². The zero-order chi connectivity index (χ0) is 22.4. The largest absolute Gasteiger partial charge is 0.456 e. The van der Waals surface area contributed by atoms with Crippen molar-refractivity contribution in [1.29, 1.82) is 0 Å². The molecular weight excluding hydrogens is 400 g/mol. The van der Waals surface area contributed by atoms with Gasteiger partial charge >= 0.3 is 12.0 Å². The zero-order valence-electron chi connectivity index (χ0n) is 17.2. The molecule has 0 atom stereocenters. The predicted molar refractivity (Wildman–Crippen MR) is 115 cm³/mol. The molecule has 0 unspecified atom stereocenters. The second-order valence-corrected chi connectivity index (χ2v) is 6.98. The number of benzene rings is 2. The number of carbonyl (C=O) groups is 3. The molecule has 31 heavy (non-hydrogen) atoms. The molecule has 0 fully saturated rings. The maximum Gasteiger partial charge on any atom is 0.325 e. The molecule has 3 aromatic rings. The number of rotatable bonds is 6. The van der Waals surface area contributed by atoms with Gasteiger partial charge in [0.05, 0.1) is 24.7 Å². The van der Waals surface area contributed by atoms with E-state index in [1.165, 1.54) is 10.9 Å². The van der Waals surface area contributed by atoms with E-state index in [2.05, 4.69) is 15.7 Å². The molecular formula is C22H22N4O5. The van der Waals surface area contributed by atoms with E-state index in [0.717, 1.165) is 11.1 Å². The van der Waals surface area contributed by atoms with Crippen molar-refractivity contribution in [3.8, 4) is 0 Å². The average molecular weight is 422 g/mol. The molecule has 3 amide bonds. The van der Waals surface area contributed by atoms with Crippen molar-refractivity contribution >= 4 is 34.5 Å². The lowest BCUT2D eigenvalue weighted by atomic mass is 10.1. The lowest BCUT2D eigenvalue weighted by molar-refractivity contribution is -0.148. The Hall–Kier alpha value is -4.01. The molecule has 1 heterocycles. The second kappa shape index (κ2) is 9.66. The molecule has 0 radical (unpaired) electrons. The van der Waals surface area contributed by atoms with Crippen LogP contribution in [-0.2, 0) is 20.9 Å². The Balaban J connectivity index is 1.46. The number of para-hydroxylation sites is 1. The summed E-state index contributed by atoms with van der Waals surface area (Å²) >= 11 is 0. The maximum atomic E-state index is 12.0. The molecule has 0 spiro atoms. The fraction of sp³-hybridized carbons (Fsp3) is 0.227. The minimum atomic E-state index is -0.748. The van der Waals surface area contributed by atoms with Gasteiger partial charge in [0, 0.05) is 11.1 Å². The van der Waals surface area contributed by atoms with Crippen LogP contribution in [0.1, 0.15) is 17.5 Å². The molecule has 3 rings (SSSR count). The van der Waals surface area contributed by atoms with Gasteiger partial charge in [-0.25, -0.2) is 4.79 Å². The van der Waals surface area contributed by atoms with Gasteiger partial charge in [-0.2, -0.15) is 5.10 Å². The van der Waals surface area contributed by atoms with E-state index >= 15 is 0 Å². The van der Waals surface area contributed by atoms with Crippen molar-refractivity contribution in [3.63, 3.8) is 0 Å². The highest BCUT2D eigenvalue weighted by Crippen LogP contribution is 2.15. The van der Waals surface area contributed by atoms with Gasteiger partial charge in [-0.3, -0.25) is 24.4 Å². The van der Waals surface area contributed by atoms with E-state index in [-0.39, 0.29) is 18.4 Å². The van der Waals surface area contributed by atoms with Crippen LogP contribution in [0.25, 0.3) is 10.9 Å². The van der Waals surface area contributed by atoms with Gasteiger partial charge < -0.3 is 10.1 Å². The van der Waals surface area contributed by atoms with Crippen LogP contribution in [0, 0.1) is 13.8 Å². The minimum absolute atomic E-state index is 0.0537. The molecule has 160 valence electrons. The van der Waals surface area contributed by atoms with Crippen LogP contribution in [0.15, 0.2) is 53.5 Å². The van der Waals surface area contributed by atoms with Crippen LogP contribution in [0.4, 0.5) is 10.5 Å². The highest BCUT2D eigenvalue weighted by atomic mass is 16.5. The number of aryl methyl sites for hydroxylation is 3. The first kappa shape index (κ1) is 21.7. The van der Waals surface area contributed by atoms with E-state index in [1.807, 2.05) is 26.0 Å². The molecule has 9 nitrogen and oxygen atoms in total. The summed E-state index contributed by atoms with van der Waals surface area (Å²) in [7, 11) is 0. The Morgan fingerprint density at radius 3 is 2.65 bits per heavy atom. The Kier molecular flexibility index (Phi) is 6.76.